The Morgan fingerprint density at radius 2 is 1.89 bits per heavy atom. The van der Waals surface area contributed by atoms with Crippen LogP contribution in [0.2, 0.25) is 0 Å². The van der Waals surface area contributed by atoms with E-state index in [1.807, 2.05) is 6.92 Å². The molecule has 10 heteroatoms. The first kappa shape index (κ1) is 21.1. The first-order chi connectivity index (χ1) is 12.8. The van der Waals surface area contributed by atoms with Gasteiger partial charge in [-0.05, 0) is 31.5 Å². The Kier molecular flexibility index (Phi) is 7.14. The van der Waals surface area contributed by atoms with Gasteiger partial charge in [-0.1, -0.05) is 13.0 Å². The molecule has 2 rings (SSSR count). The number of halogens is 1. The molecule has 0 bridgehead atoms. The summed E-state index contributed by atoms with van der Waals surface area (Å²) in [7, 11) is -3.81. The number of carbonyl (C=O) groups is 2. The van der Waals surface area contributed by atoms with E-state index in [1.54, 1.807) is 6.92 Å². The Hall–Kier alpha value is -2.20. The van der Waals surface area contributed by atoms with Crippen LogP contribution in [-0.2, 0) is 14.8 Å². The zero-order chi connectivity index (χ0) is 20.0. The summed E-state index contributed by atoms with van der Waals surface area (Å²) in [5, 5.41) is 5.31. The van der Waals surface area contributed by atoms with Crippen molar-refractivity contribution in [2.45, 2.75) is 31.2 Å². The summed E-state index contributed by atoms with van der Waals surface area (Å²) in [6, 6.07) is 3.74. The van der Waals surface area contributed by atoms with Gasteiger partial charge < -0.3 is 15.5 Å². The van der Waals surface area contributed by atoms with E-state index in [4.69, 9.17) is 0 Å². The Morgan fingerprint density at radius 3 is 2.48 bits per heavy atom. The molecule has 1 fully saturated rings. The molecule has 1 atom stereocenters. The monoisotopic (exact) mass is 400 g/mol. The summed E-state index contributed by atoms with van der Waals surface area (Å²) in [5.41, 5.74) is 0. The molecule has 1 aromatic rings. The second-order valence-corrected chi connectivity index (χ2v) is 8.25. The minimum Gasteiger partial charge on any atom is -0.354 e. The van der Waals surface area contributed by atoms with Gasteiger partial charge in [0.05, 0.1) is 4.90 Å². The average Bonchev–Trinajstić information content (AvgIpc) is 2.66. The molecule has 8 nitrogen and oxygen atoms in total. The molecule has 0 radical (unpaired) electrons. The SMILES string of the molecule is CCCNC(=O)[C@@H](C)NC(=O)N1CCN(S(=O)(=O)c2cccc(F)c2)CC1. The normalized spacial score (nSPS) is 16.6. The predicted molar refractivity (Wildman–Crippen MR) is 98.0 cm³/mol. The molecule has 3 amide bonds. The van der Waals surface area contributed by atoms with Gasteiger partial charge in [0.15, 0.2) is 0 Å². The van der Waals surface area contributed by atoms with Crippen molar-refractivity contribution in [2.75, 3.05) is 32.7 Å². The summed E-state index contributed by atoms with van der Waals surface area (Å²) in [6.45, 7) is 4.63. The Labute approximate surface area is 158 Å². The largest absolute Gasteiger partial charge is 0.354 e. The molecule has 1 aromatic carbocycles. The molecular weight excluding hydrogens is 375 g/mol. The molecule has 0 aromatic heterocycles. The number of urea groups is 1. The minimum absolute atomic E-state index is 0.0999. The third-order valence-corrected chi connectivity index (χ3v) is 6.14. The fourth-order valence-electron chi connectivity index (χ4n) is 2.65. The van der Waals surface area contributed by atoms with E-state index in [9.17, 15) is 22.4 Å². The number of nitrogens with zero attached hydrogens (tertiary/aromatic N) is 2. The summed E-state index contributed by atoms with van der Waals surface area (Å²) in [5.74, 6) is -0.887. The van der Waals surface area contributed by atoms with Crippen LogP contribution in [-0.4, -0.2) is 68.3 Å². The number of hydrogen-bond acceptors (Lipinski definition) is 4. The van der Waals surface area contributed by atoms with Crippen molar-refractivity contribution < 1.29 is 22.4 Å². The minimum atomic E-state index is -3.81. The van der Waals surface area contributed by atoms with Gasteiger partial charge >= 0.3 is 6.03 Å². The molecule has 1 aliphatic rings. The molecule has 2 N–H and O–H groups in total. The molecule has 0 unspecified atom stereocenters. The number of piperazine rings is 1. The lowest BCUT2D eigenvalue weighted by atomic mass is 10.3. The highest BCUT2D eigenvalue weighted by Crippen LogP contribution is 2.18. The number of carbonyl (C=O) groups excluding carboxylic acids is 2. The van der Waals surface area contributed by atoms with Crippen LogP contribution in [0.5, 0.6) is 0 Å². The van der Waals surface area contributed by atoms with Crippen LogP contribution >= 0.6 is 0 Å². The number of rotatable bonds is 6. The topological polar surface area (TPSA) is 98.8 Å². The number of sulfonamides is 1. The summed E-state index contributed by atoms with van der Waals surface area (Å²) in [4.78, 5) is 25.5. The van der Waals surface area contributed by atoms with Crippen molar-refractivity contribution in [2.24, 2.45) is 0 Å². The maximum absolute atomic E-state index is 13.3. The number of benzene rings is 1. The lowest BCUT2D eigenvalue weighted by Crippen LogP contribution is -2.56. The second-order valence-electron chi connectivity index (χ2n) is 6.31. The highest BCUT2D eigenvalue weighted by Gasteiger charge is 2.31. The highest BCUT2D eigenvalue weighted by molar-refractivity contribution is 7.89. The molecule has 1 heterocycles. The van der Waals surface area contributed by atoms with E-state index in [2.05, 4.69) is 10.6 Å². The van der Waals surface area contributed by atoms with Crippen molar-refractivity contribution in [1.29, 1.82) is 0 Å². The van der Waals surface area contributed by atoms with Gasteiger partial charge in [-0.15, -0.1) is 0 Å². The maximum atomic E-state index is 13.3. The van der Waals surface area contributed by atoms with Gasteiger partial charge in [0.25, 0.3) is 0 Å². The summed E-state index contributed by atoms with van der Waals surface area (Å²) >= 11 is 0. The summed E-state index contributed by atoms with van der Waals surface area (Å²) < 4.78 is 39.7. The first-order valence-electron chi connectivity index (χ1n) is 8.84. The molecule has 0 aliphatic carbocycles. The first-order valence-corrected chi connectivity index (χ1v) is 10.3. The zero-order valence-corrected chi connectivity index (χ0v) is 16.3. The van der Waals surface area contributed by atoms with E-state index >= 15 is 0 Å². The summed E-state index contributed by atoms with van der Waals surface area (Å²) in [6.07, 6.45) is 0.800. The quantitative estimate of drug-likeness (QED) is 0.736. The molecule has 1 saturated heterocycles. The van der Waals surface area contributed by atoms with Gasteiger partial charge in [-0.2, -0.15) is 4.31 Å². The van der Waals surface area contributed by atoms with Crippen molar-refractivity contribution in [3.63, 3.8) is 0 Å². The third-order valence-electron chi connectivity index (χ3n) is 4.24. The Bertz CT molecular complexity index is 779. The van der Waals surface area contributed by atoms with Crippen molar-refractivity contribution >= 4 is 22.0 Å². The van der Waals surface area contributed by atoms with Gasteiger partial charge in [0.1, 0.15) is 11.9 Å². The fourth-order valence-corrected chi connectivity index (χ4v) is 4.11. The van der Waals surface area contributed by atoms with Gasteiger partial charge in [0.2, 0.25) is 15.9 Å². The van der Waals surface area contributed by atoms with Crippen molar-refractivity contribution in [1.82, 2.24) is 19.8 Å². The van der Waals surface area contributed by atoms with E-state index in [-0.39, 0.29) is 37.0 Å². The van der Waals surface area contributed by atoms with E-state index in [0.717, 1.165) is 12.5 Å². The van der Waals surface area contributed by atoms with E-state index < -0.39 is 27.9 Å². The van der Waals surface area contributed by atoms with Gasteiger partial charge in [-0.25, -0.2) is 17.6 Å². The molecule has 0 spiro atoms. The maximum Gasteiger partial charge on any atom is 0.318 e. The lowest BCUT2D eigenvalue weighted by molar-refractivity contribution is -0.122. The van der Waals surface area contributed by atoms with Gasteiger partial charge in [0, 0.05) is 32.7 Å². The second kappa shape index (κ2) is 9.14. The van der Waals surface area contributed by atoms with Crippen LogP contribution in [0.15, 0.2) is 29.2 Å². The Morgan fingerprint density at radius 1 is 1.22 bits per heavy atom. The molecule has 0 saturated carbocycles. The zero-order valence-electron chi connectivity index (χ0n) is 15.4. The van der Waals surface area contributed by atoms with E-state index in [0.29, 0.717) is 6.54 Å². The standard InChI is InChI=1S/C17H25FN4O4S/c1-3-7-19-16(23)13(2)20-17(24)21-8-10-22(11-9-21)27(25,26)15-6-4-5-14(18)12-15/h4-6,12-13H,3,7-11H2,1-2H3,(H,19,23)(H,20,24)/t13-/m1/s1. The molecule has 27 heavy (non-hydrogen) atoms. The van der Waals surface area contributed by atoms with Crippen LogP contribution < -0.4 is 10.6 Å². The van der Waals surface area contributed by atoms with Crippen molar-refractivity contribution in [3.05, 3.63) is 30.1 Å². The van der Waals surface area contributed by atoms with Crippen molar-refractivity contribution in [3.8, 4) is 0 Å². The van der Waals surface area contributed by atoms with Gasteiger partial charge in [-0.3, -0.25) is 4.79 Å². The smallest absolute Gasteiger partial charge is 0.318 e. The molecule has 150 valence electrons. The predicted octanol–water partition coefficient (Wildman–Crippen LogP) is 0.756. The number of nitrogens with one attached hydrogen (secondary N) is 2. The van der Waals surface area contributed by atoms with Crippen LogP contribution in [0.3, 0.4) is 0 Å². The number of hydrogen-bond donors (Lipinski definition) is 2. The molecular formula is C17H25FN4O4S. The third kappa shape index (κ3) is 5.39. The number of amides is 3. The van der Waals surface area contributed by atoms with Crippen LogP contribution in [0, 0.1) is 5.82 Å². The highest BCUT2D eigenvalue weighted by atomic mass is 32.2. The lowest BCUT2D eigenvalue weighted by Gasteiger charge is -2.34. The average molecular weight is 400 g/mol. The van der Waals surface area contributed by atoms with E-state index in [1.165, 1.54) is 27.4 Å². The fraction of sp³-hybridized carbons (Fsp3) is 0.529. The van der Waals surface area contributed by atoms with Crippen LogP contribution in [0.4, 0.5) is 9.18 Å². The van der Waals surface area contributed by atoms with Crippen LogP contribution in [0.1, 0.15) is 20.3 Å². The Balaban J connectivity index is 1.91. The van der Waals surface area contributed by atoms with Crippen LogP contribution in [0.25, 0.3) is 0 Å². The molecule has 1 aliphatic heterocycles.